The largest absolute Gasteiger partial charge is 0.463 e. The first-order valence-corrected chi connectivity index (χ1v) is 26.7. The predicted octanol–water partition coefficient (Wildman–Crippen LogP) is 13.4. The van der Waals surface area contributed by atoms with Gasteiger partial charge >= 0.3 is 5.97 Å². The van der Waals surface area contributed by atoms with Crippen molar-refractivity contribution < 1.29 is 34.3 Å². The van der Waals surface area contributed by atoms with E-state index in [-0.39, 0.29) is 24.1 Å². The van der Waals surface area contributed by atoms with Gasteiger partial charge in [-0.2, -0.15) is 0 Å². The maximum atomic E-state index is 12.7. The molecular formula is C55H96O7. The van der Waals surface area contributed by atoms with Crippen molar-refractivity contribution in [2.24, 2.45) is 46.3 Å². The quantitative estimate of drug-likeness (QED) is 0.0408. The van der Waals surface area contributed by atoms with Gasteiger partial charge in [-0.15, -0.1) is 0 Å². The smallest absolute Gasteiger partial charge is 0.305 e. The fourth-order valence-electron chi connectivity index (χ4n) is 13.4. The molecule has 7 nitrogen and oxygen atoms in total. The van der Waals surface area contributed by atoms with Gasteiger partial charge in [-0.3, -0.25) is 4.79 Å². The van der Waals surface area contributed by atoms with Gasteiger partial charge in [0.15, 0.2) is 6.29 Å². The molecule has 13 atom stereocenters. The van der Waals surface area contributed by atoms with Crippen LogP contribution in [0.3, 0.4) is 0 Å². The van der Waals surface area contributed by atoms with E-state index < -0.39 is 30.7 Å². The molecule has 0 bridgehead atoms. The van der Waals surface area contributed by atoms with Crippen LogP contribution in [0.5, 0.6) is 0 Å². The number of hydrogen-bond donors (Lipinski definition) is 3. The van der Waals surface area contributed by atoms with E-state index in [0.29, 0.717) is 17.8 Å². The summed E-state index contributed by atoms with van der Waals surface area (Å²) in [5.41, 5.74) is 2.14. The minimum atomic E-state index is -1.44. The van der Waals surface area contributed by atoms with Crippen LogP contribution in [0.25, 0.3) is 0 Å². The van der Waals surface area contributed by atoms with Gasteiger partial charge in [-0.05, 0) is 130 Å². The Hall–Kier alpha value is -1.25. The summed E-state index contributed by atoms with van der Waals surface area (Å²) in [5, 5.41) is 32.6. The molecule has 4 aliphatic carbocycles. The summed E-state index contributed by atoms with van der Waals surface area (Å²) in [6.07, 6.45) is 36.0. The Kier molecular flexibility index (Phi) is 21.8. The Balaban J connectivity index is 0.956. The molecule has 0 radical (unpaired) electrons. The maximum Gasteiger partial charge on any atom is 0.305 e. The molecule has 62 heavy (non-hydrogen) atoms. The van der Waals surface area contributed by atoms with Crippen molar-refractivity contribution in [3.05, 3.63) is 23.8 Å². The molecule has 0 aromatic carbocycles. The number of carbonyl (C=O) groups excluding carboxylic acids is 1. The van der Waals surface area contributed by atoms with E-state index in [1.54, 1.807) is 0 Å². The van der Waals surface area contributed by atoms with Crippen molar-refractivity contribution in [3.8, 4) is 0 Å². The summed E-state index contributed by atoms with van der Waals surface area (Å²) < 4.78 is 18.1. The standard InChI is InChI=1S/C55H96O7/c1-7-8-9-10-11-12-13-14-15-16-17-18-19-20-21-22-23-24-25-29-49(56)60-39-48-50(57)51(58)52(59)53(62-48)61-43-34-36-54(5)42(38-43)30-31-44-46-33-32-45(41(4)28-26-27-40(2)3)55(46,6)37-35-47(44)54/h14-15,30,40-41,43-48,50-53,57-59H,7-13,16-29,31-39H2,1-6H3/b15-14-/t41-,43+,44+,45-,46+,47+,48-,50-,51+,52-,53-,54+,55-/m1/s1. The van der Waals surface area contributed by atoms with Crippen molar-refractivity contribution in [1.29, 1.82) is 0 Å². The van der Waals surface area contributed by atoms with E-state index in [0.717, 1.165) is 74.5 Å². The van der Waals surface area contributed by atoms with Crippen LogP contribution < -0.4 is 0 Å². The molecule has 0 aromatic heterocycles. The zero-order valence-electron chi connectivity index (χ0n) is 40.8. The molecule has 0 aromatic rings. The number of hydrogen-bond acceptors (Lipinski definition) is 7. The molecule has 0 amide bonds. The lowest BCUT2D eigenvalue weighted by Crippen LogP contribution is -2.60. The van der Waals surface area contributed by atoms with Crippen molar-refractivity contribution in [3.63, 3.8) is 0 Å². The lowest BCUT2D eigenvalue weighted by Gasteiger charge is -2.58. The predicted molar refractivity (Wildman–Crippen MR) is 253 cm³/mol. The zero-order chi connectivity index (χ0) is 44.5. The molecule has 1 aliphatic heterocycles. The van der Waals surface area contributed by atoms with Gasteiger partial charge in [-0.1, -0.05) is 162 Å². The monoisotopic (exact) mass is 869 g/mol. The van der Waals surface area contributed by atoms with Crippen molar-refractivity contribution in [1.82, 2.24) is 0 Å². The van der Waals surface area contributed by atoms with E-state index in [4.69, 9.17) is 14.2 Å². The van der Waals surface area contributed by atoms with E-state index in [1.165, 1.54) is 140 Å². The molecule has 0 unspecified atom stereocenters. The third-order valence-electron chi connectivity index (χ3n) is 17.3. The minimum absolute atomic E-state index is 0.139. The summed E-state index contributed by atoms with van der Waals surface area (Å²) in [4.78, 5) is 12.7. The Labute approximate surface area is 380 Å². The number of rotatable bonds is 28. The lowest BCUT2D eigenvalue weighted by atomic mass is 9.47. The molecule has 7 heteroatoms. The normalized spacial score (nSPS) is 35.1. The second kappa shape index (κ2) is 26.2. The third-order valence-corrected chi connectivity index (χ3v) is 17.3. The molecule has 1 heterocycles. The van der Waals surface area contributed by atoms with Crippen LogP contribution in [-0.2, 0) is 19.0 Å². The summed E-state index contributed by atoms with van der Waals surface area (Å²) >= 11 is 0. The number of aliphatic hydroxyl groups excluding tert-OH is 3. The molecule has 0 spiro atoms. The second-order valence-electron chi connectivity index (χ2n) is 22.2. The fraction of sp³-hybridized carbons (Fsp3) is 0.909. The Bertz CT molecular complexity index is 1340. The van der Waals surface area contributed by atoms with Crippen LogP contribution in [0.2, 0.25) is 0 Å². The number of allylic oxidation sites excluding steroid dienone is 3. The number of esters is 1. The van der Waals surface area contributed by atoms with Crippen molar-refractivity contribution >= 4 is 5.97 Å². The highest BCUT2D eigenvalue weighted by Crippen LogP contribution is 2.67. The molecule has 1 saturated heterocycles. The summed E-state index contributed by atoms with van der Waals surface area (Å²) in [7, 11) is 0. The highest BCUT2D eigenvalue weighted by molar-refractivity contribution is 5.69. The summed E-state index contributed by atoms with van der Waals surface area (Å²) in [6, 6.07) is 0. The molecular weight excluding hydrogens is 773 g/mol. The third kappa shape index (κ3) is 14.4. The number of unbranched alkanes of at least 4 members (excludes halogenated alkanes) is 15. The minimum Gasteiger partial charge on any atom is -0.463 e. The molecule has 3 N–H and O–H groups in total. The second-order valence-corrected chi connectivity index (χ2v) is 22.2. The highest BCUT2D eigenvalue weighted by Gasteiger charge is 2.59. The van der Waals surface area contributed by atoms with Gasteiger partial charge in [-0.25, -0.2) is 0 Å². The number of ether oxygens (including phenoxy) is 3. The van der Waals surface area contributed by atoms with Gasteiger partial charge < -0.3 is 29.5 Å². The van der Waals surface area contributed by atoms with Crippen LogP contribution in [0.4, 0.5) is 0 Å². The fourth-order valence-corrected chi connectivity index (χ4v) is 13.4. The SMILES string of the molecule is CCCCCCCC/C=C\CCCCCCCCCCCC(=O)OC[C@H]1O[C@@H](O[C@H]2CC[C@@]3(C)C(=CC[C@H]4[C@@H]5CC[C@H]([C@H](C)CCCC(C)C)[C@@]5(C)CC[C@@H]43)C2)[C@H](O)[C@@H](O)[C@@H]1O. The summed E-state index contributed by atoms with van der Waals surface area (Å²) in [6.45, 7) is 14.5. The van der Waals surface area contributed by atoms with Gasteiger partial charge in [0.1, 0.15) is 31.0 Å². The molecule has 3 saturated carbocycles. The number of fused-ring (bicyclic) bond motifs is 5. The van der Waals surface area contributed by atoms with Gasteiger partial charge in [0, 0.05) is 6.42 Å². The van der Waals surface area contributed by atoms with E-state index >= 15 is 0 Å². The highest BCUT2D eigenvalue weighted by atomic mass is 16.7. The van der Waals surface area contributed by atoms with E-state index in [2.05, 4.69) is 59.8 Å². The van der Waals surface area contributed by atoms with Crippen molar-refractivity contribution in [2.75, 3.05) is 6.61 Å². The summed E-state index contributed by atoms with van der Waals surface area (Å²) in [5.74, 6) is 4.44. The van der Waals surface area contributed by atoms with Gasteiger partial charge in [0.25, 0.3) is 0 Å². The van der Waals surface area contributed by atoms with Crippen LogP contribution in [0, 0.1) is 46.3 Å². The molecule has 4 fully saturated rings. The van der Waals surface area contributed by atoms with Gasteiger partial charge in [0.2, 0.25) is 0 Å². The van der Waals surface area contributed by atoms with Crippen LogP contribution in [0.1, 0.15) is 228 Å². The van der Waals surface area contributed by atoms with E-state index in [1.807, 2.05) is 0 Å². The van der Waals surface area contributed by atoms with E-state index in [9.17, 15) is 20.1 Å². The molecule has 5 rings (SSSR count). The molecule has 5 aliphatic rings. The first-order valence-electron chi connectivity index (χ1n) is 26.7. The average molecular weight is 869 g/mol. The average Bonchev–Trinajstić information content (AvgIpc) is 3.61. The number of carbonyl (C=O) groups is 1. The Morgan fingerprint density at radius 2 is 1.40 bits per heavy atom. The van der Waals surface area contributed by atoms with Crippen LogP contribution in [0.15, 0.2) is 23.8 Å². The first kappa shape index (κ1) is 51.7. The van der Waals surface area contributed by atoms with Crippen molar-refractivity contribution in [2.45, 2.75) is 265 Å². The zero-order valence-corrected chi connectivity index (χ0v) is 40.8. The Morgan fingerprint density at radius 3 is 2.06 bits per heavy atom. The van der Waals surface area contributed by atoms with Crippen LogP contribution >= 0.6 is 0 Å². The Morgan fingerprint density at radius 1 is 0.758 bits per heavy atom. The first-order chi connectivity index (χ1) is 29.9. The number of aliphatic hydroxyl groups is 3. The van der Waals surface area contributed by atoms with Crippen LogP contribution in [-0.4, -0.2) is 64.7 Å². The lowest BCUT2D eigenvalue weighted by molar-refractivity contribution is -0.313. The topological polar surface area (TPSA) is 105 Å². The maximum absolute atomic E-state index is 12.7. The molecule has 358 valence electrons. The van der Waals surface area contributed by atoms with Gasteiger partial charge in [0.05, 0.1) is 6.10 Å².